The number of ether oxygens (including phenoxy) is 1. The Balaban J connectivity index is 1.50. The van der Waals surface area contributed by atoms with Gasteiger partial charge >= 0.3 is 6.36 Å². The molecule has 0 fully saturated rings. The second kappa shape index (κ2) is 7.48. The van der Waals surface area contributed by atoms with Crippen LogP contribution in [0.2, 0.25) is 0 Å². The summed E-state index contributed by atoms with van der Waals surface area (Å²) in [5, 5.41) is 3.06. The van der Waals surface area contributed by atoms with Gasteiger partial charge in [-0.1, -0.05) is 6.07 Å². The minimum atomic E-state index is -4.79. The first-order valence-electron chi connectivity index (χ1n) is 9.39. The third-order valence-electron chi connectivity index (χ3n) is 4.84. The van der Waals surface area contributed by atoms with Crippen LogP contribution in [-0.2, 0) is 11.3 Å². The molecular formula is C20H14F3N7O2. The van der Waals surface area contributed by atoms with E-state index in [-0.39, 0.29) is 17.2 Å². The van der Waals surface area contributed by atoms with Crippen LogP contribution in [0.15, 0.2) is 55.2 Å². The van der Waals surface area contributed by atoms with E-state index in [9.17, 15) is 18.0 Å². The summed E-state index contributed by atoms with van der Waals surface area (Å²) in [4.78, 5) is 30.5. The van der Waals surface area contributed by atoms with Gasteiger partial charge in [0.15, 0.2) is 18.3 Å². The van der Waals surface area contributed by atoms with Crippen LogP contribution in [0.1, 0.15) is 5.56 Å². The van der Waals surface area contributed by atoms with E-state index in [2.05, 4.69) is 30.0 Å². The van der Waals surface area contributed by atoms with Crippen molar-refractivity contribution in [3.8, 4) is 11.7 Å². The molecule has 1 N–H and O–H groups in total. The molecule has 1 atom stereocenters. The van der Waals surface area contributed by atoms with E-state index < -0.39 is 12.5 Å². The number of aldehydes is 1. The molecule has 1 aromatic carbocycles. The van der Waals surface area contributed by atoms with Gasteiger partial charge in [-0.3, -0.25) is 14.3 Å². The number of nitrogens with zero attached hydrogens (tertiary/aromatic N) is 6. The Bertz CT molecular complexity index is 1290. The average molecular weight is 441 g/mol. The minimum absolute atomic E-state index is 0.250. The number of carbonyl (C=O) groups excluding carboxylic acids is 1. The highest BCUT2D eigenvalue weighted by Crippen LogP contribution is 2.34. The maximum absolute atomic E-state index is 12.5. The van der Waals surface area contributed by atoms with Crippen LogP contribution in [-0.4, -0.2) is 43.3 Å². The number of pyridine rings is 1. The van der Waals surface area contributed by atoms with E-state index >= 15 is 0 Å². The summed E-state index contributed by atoms with van der Waals surface area (Å²) in [6.07, 6.45) is 1.67. The lowest BCUT2D eigenvalue weighted by Gasteiger charge is -2.21. The number of nitrogens with one attached hydrogen (secondary N) is 1. The van der Waals surface area contributed by atoms with Crippen molar-refractivity contribution in [3.63, 3.8) is 0 Å². The van der Waals surface area contributed by atoms with E-state index in [1.54, 1.807) is 34.1 Å². The number of rotatable bonds is 5. The number of aromatic nitrogens is 5. The number of benzene rings is 1. The summed E-state index contributed by atoms with van der Waals surface area (Å²) >= 11 is 0. The Morgan fingerprint density at radius 3 is 2.81 bits per heavy atom. The average Bonchev–Trinajstić information content (AvgIpc) is 3.34. The summed E-state index contributed by atoms with van der Waals surface area (Å²) in [5.74, 6) is 0.390. The molecule has 0 saturated heterocycles. The molecule has 0 bridgehead atoms. The van der Waals surface area contributed by atoms with Crippen molar-refractivity contribution in [2.24, 2.45) is 0 Å². The standard InChI is InChI=1S/C20H14F3N7O2/c21-20(22,23)32-13-3-4-16-14(6-13)26-11-30(16)19-25-8-15-18(28-19)29(17(10-31)27-15)9-12-2-1-5-24-7-12/h1-8,10-11,17,27H,9H2. The van der Waals surface area contributed by atoms with Gasteiger partial charge in [-0.15, -0.1) is 13.2 Å². The maximum atomic E-state index is 12.5. The quantitative estimate of drug-likeness (QED) is 0.472. The number of alkyl halides is 3. The summed E-state index contributed by atoms with van der Waals surface area (Å²) in [7, 11) is 0. The van der Waals surface area contributed by atoms with E-state index in [4.69, 9.17) is 0 Å². The zero-order valence-corrected chi connectivity index (χ0v) is 16.2. The fourth-order valence-corrected chi connectivity index (χ4v) is 3.49. The van der Waals surface area contributed by atoms with Crippen molar-refractivity contribution in [3.05, 3.63) is 60.8 Å². The fraction of sp³-hybridized carbons (Fsp3) is 0.150. The van der Waals surface area contributed by atoms with Crippen molar-refractivity contribution in [1.29, 1.82) is 0 Å². The van der Waals surface area contributed by atoms with Gasteiger partial charge in [0.25, 0.3) is 0 Å². The first-order valence-corrected chi connectivity index (χ1v) is 9.39. The molecule has 0 saturated carbocycles. The molecule has 0 spiro atoms. The van der Waals surface area contributed by atoms with Crippen molar-refractivity contribution in [1.82, 2.24) is 24.5 Å². The zero-order chi connectivity index (χ0) is 22.3. The molecule has 4 heterocycles. The number of fused-ring (bicyclic) bond motifs is 2. The third kappa shape index (κ3) is 3.66. The van der Waals surface area contributed by atoms with E-state index in [1.807, 2.05) is 6.07 Å². The van der Waals surface area contributed by atoms with Gasteiger partial charge in [0.2, 0.25) is 5.95 Å². The topological polar surface area (TPSA) is 98.1 Å². The van der Waals surface area contributed by atoms with Gasteiger partial charge in [-0.05, 0) is 23.8 Å². The lowest BCUT2D eigenvalue weighted by atomic mass is 10.2. The molecule has 1 aliphatic heterocycles. The van der Waals surface area contributed by atoms with Gasteiger partial charge in [-0.2, -0.15) is 4.98 Å². The summed E-state index contributed by atoms with van der Waals surface area (Å²) < 4.78 is 42.9. The summed E-state index contributed by atoms with van der Waals surface area (Å²) in [6.45, 7) is 0.385. The molecule has 0 radical (unpaired) electrons. The summed E-state index contributed by atoms with van der Waals surface area (Å²) in [5.41, 5.74) is 2.25. The van der Waals surface area contributed by atoms with Crippen LogP contribution in [0.3, 0.4) is 0 Å². The molecule has 4 aromatic rings. The Morgan fingerprint density at radius 1 is 1.19 bits per heavy atom. The van der Waals surface area contributed by atoms with Crippen molar-refractivity contribution in [2.45, 2.75) is 19.1 Å². The minimum Gasteiger partial charge on any atom is -0.406 e. The van der Waals surface area contributed by atoms with Gasteiger partial charge in [0, 0.05) is 25.0 Å². The number of hydrogen-bond donors (Lipinski definition) is 1. The number of hydrogen-bond acceptors (Lipinski definition) is 8. The lowest BCUT2D eigenvalue weighted by molar-refractivity contribution is -0.274. The molecule has 5 rings (SSSR count). The Kier molecular flexibility index (Phi) is 4.61. The van der Waals surface area contributed by atoms with Crippen LogP contribution in [0, 0.1) is 0 Å². The van der Waals surface area contributed by atoms with Crippen LogP contribution < -0.4 is 15.0 Å². The van der Waals surface area contributed by atoms with Crippen molar-refractivity contribution in [2.75, 3.05) is 10.2 Å². The van der Waals surface area contributed by atoms with Gasteiger partial charge in [-0.25, -0.2) is 9.97 Å². The predicted molar refractivity (Wildman–Crippen MR) is 107 cm³/mol. The van der Waals surface area contributed by atoms with Crippen LogP contribution >= 0.6 is 0 Å². The molecule has 1 aliphatic rings. The summed E-state index contributed by atoms with van der Waals surface area (Å²) in [6, 6.07) is 7.51. The Morgan fingerprint density at radius 2 is 2.06 bits per heavy atom. The highest BCUT2D eigenvalue weighted by molar-refractivity contribution is 5.83. The van der Waals surface area contributed by atoms with Crippen LogP contribution in [0.5, 0.6) is 5.75 Å². The highest BCUT2D eigenvalue weighted by atomic mass is 19.4. The largest absolute Gasteiger partial charge is 0.573 e. The van der Waals surface area contributed by atoms with Crippen LogP contribution in [0.25, 0.3) is 17.0 Å². The monoisotopic (exact) mass is 441 g/mol. The Labute approximate surface area is 178 Å². The van der Waals surface area contributed by atoms with Gasteiger partial charge in [0.1, 0.15) is 12.1 Å². The second-order valence-electron chi connectivity index (χ2n) is 6.93. The van der Waals surface area contributed by atoms with E-state index in [0.29, 0.717) is 23.6 Å². The molecule has 0 amide bonds. The fourth-order valence-electron chi connectivity index (χ4n) is 3.49. The number of halogens is 3. The van der Waals surface area contributed by atoms with Gasteiger partial charge in [0.05, 0.1) is 22.9 Å². The molecule has 9 nitrogen and oxygen atoms in total. The molecule has 32 heavy (non-hydrogen) atoms. The molecule has 1 unspecified atom stereocenters. The SMILES string of the molecule is O=CC1Nc2cnc(-n3cnc4cc(OC(F)(F)F)ccc43)nc2N1Cc1cccnc1. The molecule has 162 valence electrons. The normalized spacial score (nSPS) is 15.5. The van der Waals surface area contributed by atoms with Crippen LogP contribution in [0.4, 0.5) is 24.7 Å². The predicted octanol–water partition coefficient (Wildman–Crippen LogP) is 3.07. The van der Waals surface area contributed by atoms with Crippen molar-refractivity contribution < 1.29 is 22.7 Å². The first kappa shape index (κ1) is 19.7. The number of carbonyl (C=O) groups is 1. The third-order valence-corrected chi connectivity index (χ3v) is 4.84. The molecule has 12 heteroatoms. The smallest absolute Gasteiger partial charge is 0.406 e. The molecule has 0 aliphatic carbocycles. The highest BCUT2D eigenvalue weighted by Gasteiger charge is 2.32. The first-order chi connectivity index (χ1) is 15.4. The number of imidazole rings is 1. The van der Waals surface area contributed by atoms with E-state index in [1.165, 1.54) is 24.5 Å². The number of anilines is 2. The van der Waals surface area contributed by atoms with Gasteiger partial charge < -0.3 is 15.0 Å². The molecule has 3 aromatic heterocycles. The maximum Gasteiger partial charge on any atom is 0.573 e. The lowest BCUT2D eigenvalue weighted by Crippen LogP contribution is -2.36. The second-order valence-corrected chi connectivity index (χ2v) is 6.93. The van der Waals surface area contributed by atoms with E-state index in [0.717, 1.165) is 11.8 Å². The molecular weight excluding hydrogens is 427 g/mol. The van der Waals surface area contributed by atoms with Crippen molar-refractivity contribution >= 4 is 28.8 Å². The Hall–Kier alpha value is -4.22. The zero-order valence-electron chi connectivity index (χ0n) is 16.2.